The number of aromatic amines is 1. The first-order valence-corrected chi connectivity index (χ1v) is 7.55. The molecule has 0 bridgehead atoms. The molecule has 0 aromatic carbocycles. The molecule has 0 radical (unpaired) electrons. The Bertz CT molecular complexity index is 468. The topological polar surface area (TPSA) is 95.1 Å². The summed E-state index contributed by atoms with van der Waals surface area (Å²) in [5, 5.41) is 9.67. The normalized spacial score (nSPS) is 14.1. The molecular weight excluding hydrogens is 254 g/mol. The zero-order valence-electron chi connectivity index (χ0n) is 11.0. The Labute approximate surface area is 108 Å². The molecule has 0 fully saturated rings. The van der Waals surface area contributed by atoms with Crippen LogP contribution in [0.4, 0.5) is 0 Å². The number of aryl methyl sites for hydroxylation is 1. The molecule has 1 aromatic rings. The number of aliphatic hydroxyl groups excluding tert-OH is 1. The van der Waals surface area contributed by atoms with E-state index in [0.29, 0.717) is 24.6 Å². The highest BCUT2D eigenvalue weighted by atomic mass is 32.2. The summed E-state index contributed by atoms with van der Waals surface area (Å²) >= 11 is 0. The fourth-order valence-electron chi connectivity index (χ4n) is 1.57. The lowest BCUT2D eigenvalue weighted by Gasteiger charge is -2.13. The van der Waals surface area contributed by atoms with Gasteiger partial charge < -0.3 is 10.1 Å². The maximum atomic E-state index is 11.9. The summed E-state index contributed by atoms with van der Waals surface area (Å²) < 4.78 is 26.1. The average Bonchev–Trinajstić information content (AvgIpc) is 2.75. The number of aromatic nitrogens is 2. The highest BCUT2D eigenvalue weighted by Crippen LogP contribution is 2.07. The molecule has 0 aliphatic rings. The minimum atomic E-state index is -3.61. The minimum absolute atomic E-state index is 0.0149. The monoisotopic (exact) mass is 275 g/mol. The van der Waals surface area contributed by atoms with Gasteiger partial charge in [0.15, 0.2) is 5.03 Å². The molecule has 18 heavy (non-hydrogen) atoms. The molecule has 0 saturated carbocycles. The highest BCUT2D eigenvalue weighted by Gasteiger charge is 2.18. The van der Waals surface area contributed by atoms with E-state index in [4.69, 9.17) is 0 Å². The molecule has 1 aromatic heterocycles. The van der Waals surface area contributed by atoms with Crippen molar-refractivity contribution in [3.8, 4) is 0 Å². The Balaban J connectivity index is 2.59. The standard InChI is InChI=1S/C11H21N3O3S/c1-4-10-12-7-11(14-10)18(16,17)13-6-9(15)5-8(2)3/h7-9,13,15H,4-6H2,1-3H3,(H,12,14). The van der Waals surface area contributed by atoms with Crippen molar-refractivity contribution in [2.75, 3.05) is 6.54 Å². The van der Waals surface area contributed by atoms with Crippen molar-refractivity contribution in [3.63, 3.8) is 0 Å². The van der Waals surface area contributed by atoms with Crippen molar-refractivity contribution < 1.29 is 13.5 Å². The summed E-state index contributed by atoms with van der Waals surface area (Å²) in [7, 11) is -3.61. The van der Waals surface area contributed by atoms with Gasteiger partial charge in [-0.05, 0) is 12.3 Å². The zero-order valence-corrected chi connectivity index (χ0v) is 11.8. The number of nitrogens with zero attached hydrogens (tertiary/aromatic N) is 1. The summed E-state index contributed by atoms with van der Waals surface area (Å²) in [4.78, 5) is 6.66. The van der Waals surface area contributed by atoms with Gasteiger partial charge in [0.05, 0.1) is 12.3 Å². The van der Waals surface area contributed by atoms with Gasteiger partial charge in [-0.25, -0.2) is 18.1 Å². The van der Waals surface area contributed by atoms with Gasteiger partial charge in [-0.3, -0.25) is 0 Å². The van der Waals surface area contributed by atoms with E-state index in [1.807, 2.05) is 20.8 Å². The van der Waals surface area contributed by atoms with Crippen molar-refractivity contribution in [3.05, 3.63) is 12.0 Å². The first kappa shape index (κ1) is 15.1. The Hall–Kier alpha value is -0.920. The molecule has 7 heteroatoms. The molecule has 0 aliphatic carbocycles. The Morgan fingerprint density at radius 3 is 2.67 bits per heavy atom. The number of sulfonamides is 1. The average molecular weight is 275 g/mol. The van der Waals surface area contributed by atoms with E-state index in [1.54, 1.807) is 0 Å². The molecule has 3 N–H and O–H groups in total. The maximum Gasteiger partial charge on any atom is 0.257 e. The fourth-order valence-corrected chi connectivity index (χ4v) is 2.58. The minimum Gasteiger partial charge on any atom is -0.392 e. The van der Waals surface area contributed by atoms with Crippen LogP contribution >= 0.6 is 0 Å². The van der Waals surface area contributed by atoms with Crippen molar-refractivity contribution >= 4 is 10.0 Å². The number of nitrogens with one attached hydrogen (secondary N) is 2. The number of H-pyrrole nitrogens is 1. The van der Waals surface area contributed by atoms with E-state index < -0.39 is 16.1 Å². The van der Waals surface area contributed by atoms with Crippen LogP contribution in [0.25, 0.3) is 0 Å². The molecule has 1 heterocycles. The summed E-state index contributed by atoms with van der Waals surface area (Å²) in [5.41, 5.74) is 0. The molecular formula is C11H21N3O3S. The first-order chi connectivity index (χ1) is 8.35. The van der Waals surface area contributed by atoms with Gasteiger partial charge >= 0.3 is 0 Å². The van der Waals surface area contributed by atoms with E-state index in [0.717, 1.165) is 0 Å². The summed E-state index contributed by atoms with van der Waals surface area (Å²) in [6, 6.07) is 0. The van der Waals surface area contributed by atoms with Crippen molar-refractivity contribution in [2.45, 2.75) is 44.7 Å². The van der Waals surface area contributed by atoms with Gasteiger partial charge in [-0.1, -0.05) is 20.8 Å². The zero-order chi connectivity index (χ0) is 13.8. The van der Waals surface area contributed by atoms with Crippen LogP contribution in [0.3, 0.4) is 0 Å². The molecule has 1 unspecified atom stereocenters. The van der Waals surface area contributed by atoms with E-state index in [-0.39, 0.29) is 11.6 Å². The number of imidazole rings is 1. The smallest absolute Gasteiger partial charge is 0.257 e. The van der Waals surface area contributed by atoms with Crippen LogP contribution in [-0.2, 0) is 16.4 Å². The van der Waals surface area contributed by atoms with Gasteiger partial charge in [0.1, 0.15) is 5.82 Å². The SMILES string of the molecule is CCc1ncc(S(=O)(=O)NCC(O)CC(C)C)[nH]1. The first-order valence-electron chi connectivity index (χ1n) is 6.06. The third kappa shape index (κ3) is 4.40. The predicted molar refractivity (Wildman–Crippen MR) is 68.6 cm³/mol. The predicted octanol–water partition coefficient (Wildman–Crippen LogP) is 0.657. The molecule has 0 saturated heterocycles. The third-order valence-corrected chi connectivity index (χ3v) is 3.82. The van der Waals surface area contributed by atoms with Gasteiger partial charge in [0.25, 0.3) is 10.0 Å². The molecule has 1 atom stereocenters. The summed E-state index contributed by atoms with van der Waals surface area (Å²) in [6.07, 6.45) is 1.82. The lowest BCUT2D eigenvalue weighted by Crippen LogP contribution is -2.33. The number of hydrogen-bond donors (Lipinski definition) is 3. The van der Waals surface area contributed by atoms with Crippen LogP contribution in [0.1, 0.15) is 33.0 Å². The van der Waals surface area contributed by atoms with Crippen molar-refractivity contribution in [1.29, 1.82) is 0 Å². The number of rotatable bonds is 7. The highest BCUT2D eigenvalue weighted by molar-refractivity contribution is 7.89. The molecule has 1 rings (SSSR count). The molecule has 0 amide bonds. The largest absolute Gasteiger partial charge is 0.392 e. The van der Waals surface area contributed by atoms with Gasteiger partial charge in [0, 0.05) is 13.0 Å². The quantitative estimate of drug-likeness (QED) is 0.681. The van der Waals surface area contributed by atoms with Gasteiger partial charge in [-0.2, -0.15) is 0 Å². The second kappa shape index (κ2) is 6.31. The van der Waals surface area contributed by atoms with E-state index in [9.17, 15) is 13.5 Å². The van der Waals surface area contributed by atoms with E-state index in [1.165, 1.54) is 6.20 Å². The lowest BCUT2D eigenvalue weighted by atomic mass is 10.1. The van der Waals surface area contributed by atoms with Gasteiger partial charge in [-0.15, -0.1) is 0 Å². The molecule has 6 nitrogen and oxygen atoms in total. The summed E-state index contributed by atoms with van der Waals surface area (Å²) in [6.45, 7) is 5.84. The van der Waals surface area contributed by atoms with Crippen LogP contribution in [0, 0.1) is 5.92 Å². The van der Waals surface area contributed by atoms with Crippen molar-refractivity contribution in [2.24, 2.45) is 5.92 Å². The second-order valence-corrected chi connectivity index (χ2v) is 6.42. The third-order valence-electron chi connectivity index (χ3n) is 2.48. The van der Waals surface area contributed by atoms with Crippen molar-refractivity contribution in [1.82, 2.24) is 14.7 Å². The molecule has 0 aliphatic heterocycles. The summed E-state index contributed by atoms with van der Waals surface area (Å²) in [5.74, 6) is 0.946. The lowest BCUT2D eigenvalue weighted by molar-refractivity contribution is 0.152. The van der Waals surface area contributed by atoms with Crippen LogP contribution in [0.2, 0.25) is 0 Å². The fraction of sp³-hybridized carbons (Fsp3) is 0.727. The van der Waals surface area contributed by atoms with Crippen LogP contribution in [0.15, 0.2) is 11.2 Å². The maximum absolute atomic E-state index is 11.9. The second-order valence-electron chi connectivity index (χ2n) is 4.68. The van der Waals surface area contributed by atoms with E-state index >= 15 is 0 Å². The molecule has 104 valence electrons. The molecule has 0 spiro atoms. The van der Waals surface area contributed by atoms with Crippen LogP contribution in [-0.4, -0.2) is 36.1 Å². The number of hydrogen-bond acceptors (Lipinski definition) is 4. The van der Waals surface area contributed by atoms with E-state index in [2.05, 4.69) is 14.7 Å². The van der Waals surface area contributed by atoms with Gasteiger partial charge in [0.2, 0.25) is 0 Å². The Morgan fingerprint density at radius 2 is 2.17 bits per heavy atom. The van der Waals surface area contributed by atoms with Crippen LogP contribution < -0.4 is 4.72 Å². The van der Waals surface area contributed by atoms with Crippen LogP contribution in [0.5, 0.6) is 0 Å². The Morgan fingerprint density at radius 1 is 1.50 bits per heavy atom. The number of aliphatic hydroxyl groups is 1. The Kier molecular flexibility index (Phi) is 5.30.